The van der Waals surface area contributed by atoms with Crippen LogP contribution in [0.2, 0.25) is 0 Å². The molecule has 0 aromatic heterocycles. The summed E-state index contributed by atoms with van der Waals surface area (Å²) in [5, 5.41) is 0. The summed E-state index contributed by atoms with van der Waals surface area (Å²) >= 11 is 0. The summed E-state index contributed by atoms with van der Waals surface area (Å²) in [6, 6.07) is -0.429. The molecule has 0 N–H and O–H groups in total. The van der Waals surface area contributed by atoms with Crippen molar-refractivity contribution in [1.29, 1.82) is 0 Å². The van der Waals surface area contributed by atoms with Crippen molar-refractivity contribution in [3.8, 4) is 0 Å². The standard InChI is InChI=1S/C9H14BN2O2.Y/c1-6(2)8(13)12-5-10-11(4)9(14)7(12)3;/h5-7H,1H2,2-4H3;/q-2;. The number of rotatable bonds is 1. The van der Waals surface area contributed by atoms with E-state index >= 15 is 0 Å². The van der Waals surface area contributed by atoms with E-state index in [-0.39, 0.29) is 50.4 Å². The van der Waals surface area contributed by atoms with Crippen molar-refractivity contribution in [2.24, 2.45) is 5.92 Å². The third kappa shape index (κ3) is 3.28. The van der Waals surface area contributed by atoms with E-state index in [1.54, 1.807) is 34.8 Å². The van der Waals surface area contributed by atoms with Crippen LogP contribution in [-0.2, 0) is 42.3 Å². The summed E-state index contributed by atoms with van der Waals surface area (Å²) in [4.78, 5) is 26.0. The van der Waals surface area contributed by atoms with Gasteiger partial charge >= 0.3 is 0 Å². The molecule has 6 heteroatoms. The molecule has 2 atom stereocenters. The maximum absolute atomic E-state index is 11.6. The Morgan fingerprint density at radius 3 is 2.67 bits per heavy atom. The number of amides is 2. The van der Waals surface area contributed by atoms with Crippen molar-refractivity contribution in [2.75, 3.05) is 7.05 Å². The summed E-state index contributed by atoms with van der Waals surface area (Å²) < 4.78 is 0. The van der Waals surface area contributed by atoms with E-state index in [2.05, 4.69) is 6.92 Å². The first-order valence-electron chi connectivity index (χ1n) is 4.55. The second kappa shape index (κ2) is 6.00. The predicted octanol–water partition coefficient (Wildman–Crippen LogP) is -0.118. The molecule has 0 bridgehead atoms. The van der Waals surface area contributed by atoms with E-state index in [4.69, 9.17) is 0 Å². The van der Waals surface area contributed by atoms with Gasteiger partial charge in [-0.05, 0) is 14.0 Å². The van der Waals surface area contributed by atoms with Crippen LogP contribution in [0.15, 0.2) is 0 Å². The number of hydrogen-bond acceptors (Lipinski definition) is 2. The van der Waals surface area contributed by atoms with Crippen LogP contribution in [0, 0.1) is 19.3 Å². The molecular formula is C9H14BN2O2Y-2. The summed E-state index contributed by atoms with van der Waals surface area (Å²) in [5.74, 6) is -0.546. The van der Waals surface area contributed by atoms with Gasteiger partial charge < -0.3 is 16.6 Å². The first-order valence-corrected chi connectivity index (χ1v) is 4.55. The van der Waals surface area contributed by atoms with Crippen LogP contribution in [-0.4, -0.2) is 42.0 Å². The second-order valence-electron chi connectivity index (χ2n) is 3.57. The van der Waals surface area contributed by atoms with Gasteiger partial charge in [-0.2, -0.15) is 0 Å². The minimum Gasteiger partial charge on any atom is -0.489 e. The van der Waals surface area contributed by atoms with E-state index < -0.39 is 6.04 Å². The van der Waals surface area contributed by atoms with Gasteiger partial charge in [-0.25, -0.2) is 6.44 Å². The largest absolute Gasteiger partial charge is 0.489 e. The van der Waals surface area contributed by atoms with Crippen molar-refractivity contribution in [2.45, 2.75) is 19.9 Å². The fourth-order valence-electron chi connectivity index (χ4n) is 1.31. The Bertz CT molecular complexity index is 260. The van der Waals surface area contributed by atoms with Gasteiger partial charge in [0.15, 0.2) is 5.91 Å². The average molecular weight is 282 g/mol. The minimum atomic E-state index is -0.429. The van der Waals surface area contributed by atoms with Crippen LogP contribution >= 0.6 is 0 Å². The number of nitrogens with zero attached hydrogens (tertiary/aromatic N) is 2. The molecular weight excluding hydrogens is 268 g/mol. The zero-order valence-corrected chi connectivity index (χ0v) is 12.1. The zero-order chi connectivity index (χ0) is 10.9. The van der Waals surface area contributed by atoms with Crippen molar-refractivity contribution in [3.05, 3.63) is 13.4 Å². The molecule has 15 heavy (non-hydrogen) atoms. The van der Waals surface area contributed by atoms with Crippen LogP contribution in [0.5, 0.6) is 0 Å². The fourth-order valence-corrected chi connectivity index (χ4v) is 1.31. The molecule has 2 unspecified atom stereocenters. The van der Waals surface area contributed by atoms with Crippen LogP contribution in [0.4, 0.5) is 0 Å². The molecule has 1 fully saturated rings. The number of hydrogen-bond donors (Lipinski definition) is 0. The monoisotopic (exact) mass is 282 g/mol. The Balaban J connectivity index is 0.00000196. The predicted molar refractivity (Wildman–Crippen MR) is 53.7 cm³/mol. The second-order valence-corrected chi connectivity index (χ2v) is 3.57. The van der Waals surface area contributed by atoms with E-state index in [9.17, 15) is 9.59 Å². The Kier molecular flexibility index (Phi) is 6.04. The molecule has 0 aromatic carbocycles. The van der Waals surface area contributed by atoms with Crippen molar-refractivity contribution in [1.82, 2.24) is 9.71 Å². The van der Waals surface area contributed by atoms with Gasteiger partial charge in [-0.3, -0.25) is 9.59 Å². The number of carbonyl (C=O) groups excluding carboxylic acids is 2. The van der Waals surface area contributed by atoms with Crippen LogP contribution < -0.4 is 0 Å². The Morgan fingerprint density at radius 2 is 2.20 bits per heavy atom. The third-order valence-electron chi connectivity index (χ3n) is 2.25. The quantitative estimate of drug-likeness (QED) is 0.497. The van der Waals surface area contributed by atoms with Gasteiger partial charge in [0.05, 0.1) is 13.5 Å². The van der Waals surface area contributed by atoms with E-state index in [0.29, 0.717) is 0 Å². The fraction of sp³-hybridized carbons (Fsp3) is 0.556. The van der Waals surface area contributed by atoms with Gasteiger partial charge in [-0.15, -0.1) is 0 Å². The molecule has 1 aliphatic rings. The Hall–Kier alpha value is 0.109. The van der Waals surface area contributed by atoms with Gasteiger partial charge in [0, 0.05) is 32.7 Å². The molecule has 2 radical (unpaired) electrons. The molecule has 2 amide bonds. The summed E-state index contributed by atoms with van der Waals surface area (Å²) in [6.07, 6.45) is 1.62. The topological polar surface area (TPSA) is 40.6 Å². The number of likely N-dealkylation sites (N-methyl/N-ethyl adjacent to an activating group) is 1. The minimum absolute atomic E-state index is 0. The average Bonchev–Trinajstić information content (AvgIpc) is 2.13. The SMILES string of the molecule is [CH2-]C(C)C(=O)N1[CH-][B]N(C)C(=O)C1C.[Y]. The van der Waals surface area contributed by atoms with Crippen LogP contribution in [0.25, 0.3) is 0 Å². The van der Waals surface area contributed by atoms with E-state index in [1.165, 1.54) is 9.71 Å². The van der Waals surface area contributed by atoms with Gasteiger partial charge in [0.25, 0.3) is 0 Å². The summed E-state index contributed by atoms with van der Waals surface area (Å²) in [6.45, 7) is 7.07. The molecule has 80 valence electrons. The first kappa shape index (κ1) is 15.1. The third-order valence-corrected chi connectivity index (χ3v) is 2.25. The molecule has 1 rings (SSSR count). The van der Waals surface area contributed by atoms with Crippen molar-refractivity contribution < 1.29 is 42.3 Å². The zero-order valence-electron chi connectivity index (χ0n) is 9.30. The molecule has 0 saturated carbocycles. The van der Waals surface area contributed by atoms with E-state index in [1.807, 2.05) is 0 Å². The van der Waals surface area contributed by atoms with Crippen molar-refractivity contribution in [3.63, 3.8) is 0 Å². The van der Waals surface area contributed by atoms with Crippen molar-refractivity contribution >= 4 is 19.2 Å². The number of carbonyl (C=O) groups is 2. The van der Waals surface area contributed by atoms with E-state index in [0.717, 1.165) is 0 Å². The Labute approximate surface area is 117 Å². The van der Waals surface area contributed by atoms with Gasteiger partial charge in [0.2, 0.25) is 5.91 Å². The maximum atomic E-state index is 11.6. The molecule has 0 spiro atoms. The van der Waals surface area contributed by atoms with Crippen LogP contribution in [0.1, 0.15) is 13.8 Å². The van der Waals surface area contributed by atoms with Gasteiger partial charge in [-0.1, -0.05) is 12.8 Å². The smallest absolute Gasteiger partial charge is 0.227 e. The van der Waals surface area contributed by atoms with Gasteiger partial charge in [0.1, 0.15) is 0 Å². The normalized spacial score (nSPS) is 22.9. The van der Waals surface area contributed by atoms with Crippen LogP contribution in [0.3, 0.4) is 0 Å². The molecule has 0 aromatic rings. The molecule has 1 aliphatic heterocycles. The molecule has 1 heterocycles. The summed E-state index contributed by atoms with van der Waals surface area (Å²) in [7, 11) is 3.26. The Morgan fingerprint density at radius 1 is 1.67 bits per heavy atom. The molecule has 4 nitrogen and oxygen atoms in total. The molecule has 1 saturated heterocycles. The first-order chi connectivity index (χ1) is 6.45. The molecule has 0 aliphatic carbocycles. The maximum Gasteiger partial charge on any atom is 0.227 e. The summed E-state index contributed by atoms with van der Waals surface area (Å²) in [5.41, 5.74) is 0.